The summed E-state index contributed by atoms with van der Waals surface area (Å²) in [6.07, 6.45) is 5.09. The Morgan fingerprint density at radius 2 is 1.61 bits per heavy atom. The van der Waals surface area contributed by atoms with Gasteiger partial charge in [-0.15, -0.1) is 0 Å². The first-order valence-electron chi connectivity index (χ1n) is 10.6. The molecule has 7 heteroatoms. The highest BCUT2D eigenvalue weighted by atomic mass is 16.5. The van der Waals surface area contributed by atoms with Crippen molar-refractivity contribution in [2.75, 3.05) is 18.5 Å². The Bertz CT molecular complexity index is 991. The van der Waals surface area contributed by atoms with E-state index in [2.05, 4.69) is 5.32 Å². The van der Waals surface area contributed by atoms with Gasteiger partial charge in [-0.25, -0.2) is 4.79 Å². The second-order valence-corrected chi connectivity index (χ2v) is 7.85. The normalized spacial score (nSPS) is 16.2. The van der Waals surface area contributed by atoms with Crippen molar-refractivity contribution in [3.63, 3.8) is 0 Å². The first kappa shape index (κ1) is 20.8. The second-order valence-electron chi connectivity index (χ2n) is 7.85. The molecule has 1 N–H and O–H groups in total. The molecule has 0 aromatic heterocycles. The summed E-state index contributed by atoms with van der Waals surface area (Å²) in [5.41, 5.74) is 1.56. The molecule has 4 rings (SSSR count). The van der Waals surface area contributed by atoms with E-state index < -0.39 is 5.97 Å². The number of fused-ring (bicyclic) bond motifs is 1. The molecule has 2 aromatic carbocycles. The number of rotatable bonds is 6. The van der Waals surface area contributed by atoms with Gasteiger partial charge in [-0.2, -0.15) is 0 Å². The minimum atomic E-state index is -0.578. The van der Waals surface area contributed by atoms with E-state index in [9.17, 15) is 19.2 Å². The molecule has 1 fully saturated rings. The molecule has 31 heavy (non-hydrogen) atoms. The number of ether oxygens (including phenoxy) is 1. The minimum Gasteiger partial charge on any atom is -0.460 e. The molecule has 0 spiro atoms. The number of esters is 1. The van der Waals surface area contributed by atoms with Crippen LogP contribution in [0.25, 0.3) is 0 Å². The third-order valence-corrected chi connectivity index (χ3v) is 5.77. The van der Waals surface area contributed by atoms with E-state index in [-0.39, 0.29) is 36.8 Å². The van der Waals surface area contributed by atoms with Crippen molar-refractivity contribution in [3.05, 3.63) is 65.2 Å². The monoisotopic (exact) mass is 420 g/mol. The van der Waals surface area contributed by atoms with Crippen LogP contribution in [0.4, 0.5) is 5.69 Å². The Hall–Kier alpha value is -3.48. The topological polar surface area (TPSA) is 92.8 Å². The van der Waals surface area contributed by atoms with Gasteiger partial charge in [0.2, 0.25) is 5.91 Å². The summed E-state index contributed by atoms with van der Waals surface area (Å²) in [5, 5.41) is 2.89. The number of hydrogen-bond donors (Lipinski definition) is 1. The van der Waals surface area contributed by atoms with Crippen molar-refractivity contribution in [2.45, 2.75) is 32.1 Å². The summed E-state index contributed by atoms with van der Waals surface area (Å²) >= 11 is 0. The Labute approximate surface area is 180 Å². The van der Waals surface area contributed by atoms with Gasteiger partial charge in [-0.1, -0.05) is 37.5 Å². The number of hydrogen-bond acceptors (Lipinski definition) is 5. The zero-order valence-corrected chi connectivity index (χ0v) is 17.1. The van der Waals surface area contributed by atoms with E-state index in [4.69, 9.17) is 4.74 Å². The van der Waals surface area contributed by atoms with E-state index in [1.54, 1.807) is 48.5 Å². The van der Waals surface area contributed by atoms with Crippen molar-refractivity contribution in [3.8, 4) is 0 Å². The standard InChI is InChI=1S/C24H24N2O5/c27-21(16-7-2-1-3-8-16)25-18-10-6-9-17(15-18)24(30)31-14-13-26-22(28)19-11-4-5-12-20(19)23(26)29/h4-6,9-12,15-16H,1-3,7-8,13-14H2,(H,25,27). The number of imide groups is 1. The number of carbonyl (C=O) groups excluding carboxylic acids is 4. The zero-order chi connectivity index (χ0) is 21.8. The number of carbonyl (C=O) groups is 4. The molecular formula is C24H24N2O5. The first-order valence-corrected chi connectivity index (χ1v) is 10.6. The van der Waals surface area contributed by atoms with Gasteiger partial charge < -0.3 is 10.1 Å². The van der Waals surface area contributed by atoms with Gasteiger partial charge in [0.1, 0.15) is 6.61 Å². The molecule has 1 aliphatic heterocycles. The maximum atomic E-state index is 12.4. The molecule has 2 aromatic rings. The Morgan fingerprint density at radius 3 is 2.29 bits per heavy atom. The number of nitrogens with one attached hydrogen (secondary N) is 1. The fourth-order valence-corrected chi connectivity index (χ4v) is 4.09. The quantitative estimate of drug-likeness (QED) is 0.569. The van der Waals surface area contributed by atoms with Crippen LogP contribution < -0.4 is 5.32 Å². The summed E-state index contributed by atoms with van der Waals surface area (Å²) in [5.74, 6) is -1.35. The van der Waals surface area contributed by atoms with Crippen molar-refractivity contribution in [2.24, 2.45) is 5.92 Å². The minimum absolute atomic E-state index is 0.0176. The smallest absolute Gasteiger partial charge is 0.338 e. The highest BCUT2D eigenvalue weighted by Crippen LogP contribution is 2.25. The molecular weight excluding hydrogens is 396 g/mol. The summed E-state index contributed by atoms with van der Waals surface area (Å²) in [6.45, 7) is -0.126. The van der Waals surface area contributed by atoms with E-state index in [0.717, 1.165) is 30.6 Å². The lowest BCUT2D eigenvalue weighted by Crippen LogP contribution is -2.33. The maximum absolute atomic E-state index is 12.4. The lowest BCUT2D eigenvalue weighted by molar-refractivity contribution is -0.120. The predicted octanol–water partition coefficient (Wildman–Crippen LogP) is 3.66. The van der Waals surface area contributed by atoms with Crippen LogP contribution in [0, 0.1) is 5.92 Å². The molecule has 7 nitrogen and oxygen atoms in total. The lowest BCUT2D eigenvalue weighted by atomic mass is 9.88. The summed E-state index contributed by atoms with van der Waals surface area (Å²) < 4.78 is 5.26. The van der Waals surface area contributed by atoms with Crippen molar-refractivity contribution >= 4 is 29.4 Å². The fourth-order valence-electron chi connectivity index (χ4n) is 4.09. The SMILES string of the molecule is O=C(OCCN1C(=O)c2ccccc2C1=O)c1cccc(NC(=O)C2CCCCC2)c1. The zero-order valence-electron chi connectivity index (χ0n) is 17.1. The molecule has 0 radical (unpaired) electrons. The molecule has 0 atom stereocenters. The van der Waals surface area contributed by atoms with Crippen LogP contribution in [0.15, 0.2) is 48.5 Å². The van der Waals surface area contributed by atoms with Gasteiger partial charge >= 0.3 is 5.97 Å². The van der Waals surface area contributed by atoms with Crippen molar-refractivity contribution in [1.29, 1.82) is 0 Å². The van der Waals surface area contributed by atoms with E-state index in [0.29, 0.717) is 22.4 Å². The summed E-state index contributed by atoms with van der Waals surface area (Å²) in [4.78, 5) is 50.6. The molecule has 1 heterocycles. The van der Waals surface area contributed by atoms with Gasteiger partial charge in [0, 0.05) is 11.6 Å². The number of anilines is 1. The van der Waals surface area contributed by atoms with Gasteiger partial charge in [0.15, 0.2) is 0 Å². The third-order valence-electron chi connectivity index (χ3n) is 5.77. The van der Waals surface area contributed by atoms with Crippen molar-refractivity contribution in [1.82, 2.24) is 4.90 Å². The van der Waals surface area contributed by atoms with E-state index in [1.807, 2.05) is 0 Å². The van der Waals surface area contributed by atoms with Crippen LogP contribution in [-0.4, -0.2) is 41.7 Å². The van der Waals surface area contributed by atoms with E-state index in [1.165, 1.54) is 6.42 Å². The van der Waals surface area contributed by atoms with Crippen LogP contribution in [0.5, 0.6) is 0 Å². The molecule has 1 aliphatic carbocycles. The van der Waals surface area contributed by atoms with Crippen LogP contribution >= 0.6 is 0 Å². The maximum Gasteiger partial charge on any atom is 0.338 e. The van der Waals surface area contributed by atoms with E-state index >= 15 is 0 Å². The van der Waals surface area contributed by atoms with Gasteiger partial charge in [-0.05, 0) is 43.2 Å². The lowest BCUT2D eigenvalue weighted by Gasteiger charge is -2.20. The second kappa shape index (κ2) is 9.12. The average molecular weight is 420 g/mol. The fraction of sp³-hybridized carbons (Fsp3) is 0.333. The number of benzene rings is 2. The molecule has 0 saturated heterocycles. The van der Waals surface area contributed by atoms with Gasteiger partial charge in [0.05, 0.1) is 23.2 Å². The van der Waals surface area contributed by atoms with Crippen LogP contribution in [0.3, 0.4) is 0 Å². The molecule has 2 aliphatic rings. The third kappa shape index (κ3) is 4.50. The Morgan fingerprint density at radius 1 is 0.935 bits per heavy atom. The van der Waals surface area contributed by atoms with Crippen molar-refractivity contribution < 1.29 is 23.9 Å². The summed E-state index contributed by atoms with van der Waals surface area (Å²) in [7, 11) is 0. The first-order chi connectivity index (χ1) is 15.0. The highest BCUT2D eigenvalue weighted by Gasteiger charge is 2.34. The molecule has 0 unspecified atom stereocenters. The number of nitrogens with zero attached hydrogens (tertiary/aromatic N) is 1. The summed E-state index contributed by atoms with van der Waals surface area (Å²) in [6, 6.07) is 13.2. The van der Waals surface area contributed by atoms with Gasteiger partial charge in [0.25, 0.3) is 11.8 Å². The van der Waals surface area contributed by atoms with Crippen LogP contribution in [-0.2, 0) is 9.53 Å². The average Bonchev–Trinajstić information content (AvgIpc) is 3.05. The van der Waals surface area contributed by atoms with Gasteiger partial charge in [-0.3, -0.25) is 19.3 Å². The highest BCUT2D eigenvalue weighted by molar-refractivity contribution is 6.21. The Balaban J connectivity index is 1.31. The Kier molecular flexibility index (Phi) is 6.11. The molecule has 3 amide bonds. The van der Waals surface area contributed by atoms with Crippen LogP contribution in [0.2, 0.25) is 0 Å². The number of amides is 3. The molecule has 0 bridgehead atoms. The largest absolute Gasteiger partial charge is 0.460 e. The molecule has 1 saturated carbocycles. The predicted molar refractivity (Wildman–Crippen MR) is 114 cm³/mol. The molecule has 160 valence electrons. The van der Waals surface area contributed by atoms with Crippen LogP contribution in [0.1, 0.15) is 63.2 Å².